The molecule has 2 rings (SSSR count). The number of hydrogen-bond acceptors (Lipinski definition) is 5. The molecule has 3 N–H and O–H groups in total. The maximum absolute atomic E-state index is 5.60. The molecule has 0 spiro atoms. The lowest BCUT2D eigenvalue weighted by Gasteiger charge is -2.02. The Labute approximate surface area is 92.2 Å². The van der Waals surface area contributed by atoms with Gasteiger partial charge < -0.3 is 11.1 Å². The third kappa shape index (κ3) is 2.66. The minimum atomic E-state index is 0.745. The first-order valence-corrected chi connectivity index (χ1v) is 5.44. The molecule has 0 saturated heterocycles. The fourth-order valence-corrected chi connectivity index (χ4v) is 1.77. The van der Waals surface area contributed by atoms with Crippen LogP contribution < -0.4 is 11.1 Å². The van der Waals surface area contributed by atoms with E-state index in [0.717, 1.165) is 22.4 Å². The standard InChI is InChI=1S/C10H12N4S/c1-7-13-14-10(15-7)12-6-8-2-4-9(11)5-3-8/h2-5H,6,11H2,1H3,(H,12,14). The molecule has 0 amide bonds. The van der Waals surface area contributed by atoms with Gasteiger partial charge in [-0.25, -0.2) is 0 Å². The average Bonchev–Trinajstić information content (AvgIpc) is 2.64. The first-order valence-electron chi connectivity index (χ1n) is 4.62. The number of nitrogen functional groups attached to an aromatic ring is 1. The molecule has 0 atom stereocenters. The highest BCUT2D eigenvalue weighted by molar-refractivity contribution is 7.15. The Bertz CT molecular complexity index is 435. The van der Waals surface area contributed by atoms with Crippen molar-refractivity contribution in [2.24, 2.45) is 0 Å². The summed E-state index contributed by atoms with van der Waals surface area (Å²) in [6, 6.07) is 7.77. The smallest absolute Gasteiger partial charge is 0.205 e. The summed E-state index contributed by atoms with van der Waals surface area (Å²) in [5.41, 5.74) is 7.56. The van der Waals surface area contributed by atoms with Crippen LogP contribution in [0.1, 0.15) is 10.6 Å². The van der Waals surface area contributed by atoms with Crippen LogP contribution in [0, 0.1) is 6.92 Å². The van der Waals surface area contributed by atoms with E-state index in [1.165, 1.54) is 5.56 Å². The molecule has 1 aromatic heterocycles. The predicted octanol–water partition coefficient (Wildman–Crippen LogP) is 2.04. The van der Waals surface area contributed by atoms with Crippen LogP contribution >= 0.6 is 11.3 Å². The zero-order chi connectivity index (χ0) is 10.7. The highest BCUT2D eigenvalue weighted by Gasteiger charge is 1.99. The van der Waals surface area contributed by atoms with E-state index in [1.807, 2.05) is 31.2 Å². The van der Waals surface area contributed by atoms with Gasteiger partial charge in [0.25, 0.3) is 0 Å². The van der Waals surface area contributed by atoms with E-state index in [4.69, 9.17) is 5.73 Å². The molecular weight excluding hydrogens is 208 g/mol. The summed E-state index contributed by atoms with van der Waals surface area (Å²) in [6.07, 6.45) is 0. The number of nitrogens with one attached hydrogen (secondary N) is 1. The van der Waals surface area contributed by atoms with Gasteiger partial charge in [0.1, 0.15) is 5.01 Å². The Morgan fingerprint density at radius 3 is 2.60 bits per heavy atom. The number of nitrogens with zero attached hydrogens (tertiary/aromatic N) is 2. The second-order valence-corrected chi connectivity index (χ2v) is 4.40. The number of aromatic nitrogens is 2. The third-order valence-electron chi connectivity index (χ3n) is 1.95. The van der Waals surface area contributed by atoms with Gasteiger partial charge >= 0.3 is 0 Å². The van der Waals surface area contributed by atoms with E-state index in [9.17, 15) is 0 Å². The van der Waals surface area contributed by atoms with Gasteiger partial charge in [-0.2, -0.15) is 0 Å². The molecule has 0 saturated carbocycles. The number of anilines is 2. The topological polar surface area (TPSA) is 63.8 Å². The van der Waals surface area contributed by atoms with E-state index >= 15 is 0 Å². The number of hydrogen-bond donors (Lipinski definition) is 2. The molecule has 0 aliphatic rings. The number of aryl methyl sites for hydroxylation is 1. The van der Waals surface area contributed by atoms with Gasteiger partial charge in [0, 0.05) is 12.2 Å². The molecule has 15 heavy (non-hydrogen) atoms. The van der Waals surface area contributed by atoms with Crippen LogP contribution in [0.5, 0.6) is 0 Å². The van der Waals surface area contributed by atoms with Gasteiger partial charge in [-0.1, -0.05) is 23.5 Å². The van der Waals surface area contributed by atoms with Crippen LogP contribution in [-0.2, 0) is 6.54 Å². The summed E-state index contributed by atoms with van der Waals surface area (Å²) in [4.78, 5) is 0. The SMILES string of the molecule is Cc1nnc(NCc2ccc(N)cc2)s1. The number of rotatable bonds is 3. The molecule has 4 nitrogen and oxygen atoms in total. The normalized spacial score (nSPS) is 10.2. The van der Waals surface area contributed by atoms with Gasteiger partial charge in [-0.3, -0.25) is 0 Å². The van der Waals surface area contributed by atoms with Crippen molar-refractivity contribution in [1.29, 1.82) is 0 Å². The van der Waals surface area contributed by atoms with Crippen molar-refractivity contribution in [2.45, 2.75) is 13.5 Å². The summed E-state index contributed by atoms with van der Waals surface area (Å²) in [5, 5.41) is 12.9. The van der Waals surface area contributed by atoms with E-state index in [2.05, 4.69) is 15.5 Å². The molecule has 0 radical (unpaired) electrons. The molecule has 2 aromatic rings. The highest BCUT2D eigenvalue weighted by Crippen LogP contribution is 2.15. The van der Waals surface area contributed by atoms with E-state index < -0.39 is 0 Å². The van der Waals surface area contributed by atoms with Gasteiger partial charge in [0.15, 0.2) is 0 Å². The summed E-state index contributed by atoms with van der Waals surface area (Å²) < 4.78 is 0. The van der Waals surface area contributed by atoms with E-state index in [0.29, 0.717) is 0 Å². The Morgan fingerprint density at radius 1 is 1.27 bits per heavy atom. The van der Waals surface area contributed by atoms with Crippen molar-refractivity contribution in [1.82, 2.24) is 10.2 Å². The summed E-state index contributed by atoms with van der Waals surface area (Å²) in [5.74, 6) is 0. The highest BCUT2D eigenvalue weighted by atomic mass is 32.1. The van der Waals surface area contributed by atoms with Gasteiger partial charge in [0.2, 0.25) is 5.13 Å². The fraction of sp³-hybridized carbons (Fsp3) is 0.200. The monoisotopic (exact) mass is 220 g/mol. The van der Waals surface area contributed by atoms with Gasteiger partial charge in [-0.15, -0.1) is 10.2 Å². The number of nitrogens with two attached hydrogens (primary N) is 1. The van der Waals surface area contributed by atoms with Crippen LogP contribution in [0.2, 0.25) is 0 Å². The van der Waals surface area contributed by atoms with Gasteiger partial charge in [-0.05, 0) is 24.6 Å². The average molecular weight is 220 g/mol. The maximum atomic E-state index is 5.60. The van der Waals surface area contributed by atoms with Crippen molar-refractivity contribution in [2.75, 3.05) is 11.1 Å². The summed E-state index contributed by atoms with van der Waals surface area (Å²) in [7, 11) is 0. The van der Waals surface area contributed by atoms with Crippen LogP contribution in [0.3, 0.4) is 0 Å². The molecule has 0 aliphatic heterocycles. The van der Waals surface area contributed by atoms with E-state index in [1.54, 1.807) is 11.3 Å². The first-order chi connectivity index (χ1) is 7.24. The molecule has 0 aliphatic carbocycles. The number of benzene rings is 1. The largest absolute Gasteiger partial charge is 0.399 e. The Morgan fingerprint density at radius 2 is 2.00 bits per heavy atom. The molecular formula is C10H12N4S. The molecule has 0 fully saturated rings. The lowest BCUT2D eigenvalue weighted by molar-refractivity contribution is 1.02. The molecule has 1 heterocycles. The summed E-state index contributed by atoms with van der Waals surface area (Å²) >= 11 is 1.55. The molecule has 5 heteroatoms. The first kappa shape index (κ1) is 9.92. The van der Waals surface area contributed by atoms with Crippen molar-refractivity contribution < 1.29 is 0 Å². The second-order valence-electron chi connectivity index (χ2n) is 3.22. The minimum absolute atomic E-state index is 0.745. The quantitative estimate of drug-likeness (QED) is 0.777. The Hall–Kier alpha value is -1.62. The molecule has 0 unspecified atom stereocenters. The Balaban J connectivity index is 1.96. The molecule has 78 valence electrons. The van der Waals surface area contributed by atoms with Crippen molar-refractivity contribution in [3.05, 3.63) is 34.8 Å². The minimum Gasteiger partial charge on any atom is -0.399 e. The maximum Gasteiger partial charge on any atom is 0.205 e. The van der Waals surface area contributed by atoms with Crippen LogP contribution in [0.4, 0.5) is 10.8 Å². The lowest BCUT2D eigenvalue weighted by atomic mass is 10.2. The molecule has 0 bridgehead atoms. The van der Waals surface area contributed by atoms with Crippen molar-refractivity contribution in [3.63, 3.8) is 0 Å². The molecule has 1 aromatic carbocycles. The van der Waals surface area contributed by atoms with E-state index in [-0.39, 0.29) is 0 Å². The zero-order valence-corrected chi connectivity index (χ0v) is 9.21. The van der Waals surface area contributed by atoms with Crippen molar-refractivity contribution >= 4 is 22.2 Å². The summed E-state index contributed by atoms with van der Waals surface area (Å²) in [6.45, 7) is 2.68. The fourth-order valence-electron chi connectivity index (χ4n) is 1.18. The predicted molar refractivity (Wildman–Crippen MR) is 62.8 cm³/mol. The third-order valence-corrected chi connectivity index (χ3v) is 2.75. The Kier molecular flexibility index (Phi) is 2.82. The lowest BCUT2D eigenvalue weighted by Crippen LogP contribution is -1.99. The van der Waals surface area contributed by atoms with Crippen LogP contribution in [0.15, 0.2) is 24.3 Å². The second kappa shape index (κ2) is 4.27. The van der Waals surface area contributed by atoms with Gasteiger partial charge in [0.05, 0.1) is 0 Å². The van der Waals surface area contributed by atoms with Crippen LogP contribution in [-0.4, -0.2) is 10.2 Å². The van der Waals surface area contributed by atoms with Crippen LogP contribution in [0.25, 0.3) is 0 Å². The zero-order valence-electron chi connectivity index (χ0n) is 8.40. The van der Waals surface area contributed by atoms with Crippen molar-refractivity contribution in [3.8, 4) is 0 Å².